The maximum atomic E-state index is 11.8. The van der Waals surface area contributed by atoms with Gasteiger partial charge in [0.15, 0.2) is 5.78 Å². The predicted molar refractivity (Wildman–Crippen MR) is 70.4 cm³/mol. The number of hydrogen-bond donors (Lipinski definition) is 0. The van der Waals surface area contributed by atoms with E-state index in [9.17, 15) is 4.79 Å². The van der Waals surface area contributed by atoms with Crippen molar-refractivity contribution in [2.75, 3.05) is 13.2 Å². The first-order valence-electron chi connectivity index (χ1n) is 6.28. The number of carbonyl (C=O) groups is 1. The van der Waals surface area contributed by atoms with Crippen molar-refractivity contribution < 1.29 is 9.53 Å². The fourth-order valence-electron chi connectivity index (χ4n) is 1.74. The standard InChI is InChI=1S/C15H19NO2/c1-3-4-12(2)10-18-11-15(17)14-7-5-13(9-16)6-8-14/h5-8,12H,3-4,10-11H2,1-2H3. The van der Waals surface area contributed by atoms with Gasteiger partial charge >= 0.3 is 0 Å². The van der Waals surface area contributed by atoms with Crippen molar-refractivity contribution in [3.63, 3.8) is 0 Å². The van der Waals surface area contributed by atoms with Crippen molar-refractivity contribution in [2.45, 2.75) is 26.7 Å². The molecule has 1 aromatic rings. The minimum Gasteiger partial charge on any atom is -0.373 e. The van der Waals surface area contributed by atoms with Crippen LogP contribution in [0.15, 0.2) is 24.3 Å². The zero-order valence-electron chi connectivity index (χ0n) is 11.0. The van der Waals surface area contributed by atoms with Crippen LogP contribution < -0.4 is 0 Å². The highest BCUT2D eigenvalue weighted by Crippen LogP contribution is 2.07. The quantitative estimate of drug-likeness (QED) is 0.693. The van der Waals surface area contributed by atoms with Crippen molar-refractivity contribution in [3.05, 3.63) is 35.4 Å². The first-order valence-corrected chi connectivity index (χ1v) is 6.28. The summed E-state index contributed by atoms with van der Waals surface area (Å²) in [4.78, 5) is 11.8. The van der Waals surface area contributed by atoms with Gasteiger partial charge in [-0.15, -0.1) is 0 Å². The maximum Gasteiger partial charge on any atom is 0.188 e. The van der Waals surface area contributed by atoms with E-state index in [0.717, 1.165) is 12.8 Å². The molecule has 0 radical (unpaired) electrons. The lowest BCUT2D eigenvalue weighted by molar-refractivity contribution is 0.0683. The van der Waals surface area contributed by atoms with Gasteiger partial charge < -0.3 is 4.74 Å². The van der Waals surface area contributed by atoms with Gasteiger partial charge in [0.25, 0.3) is 0 Å². The van der Waals surface area contributed by atoms with Crippen LogP contribution in [0.2, 0.25) is 0 Å². The Kier molecular flexibility index (Phi) is 6.10. The molecule has 3 heteroatoms. The summed E-state index contributed by atoms with van der Waals surface area (Å²) >= 11 is 0. The molecule has 0 heterocycles. The first-order chi connectivity index (χ1) is 8.67. The maximum absolute atomic E-state index is 11.8. The second-order valence-electron chi connectivity index (χ2n) is 4.52. The molecule has 0 fully saturated rings. The van der Waals surface area contributed by atoms with Crippen molar-refractivity contribution >= 4 is 5.78 Å². The zero-order valence-corrected chi connectivity index (χ0v) is 11.0. The van der Waals surface area contributed by atoms with Crippen LogP contribution in [0, 0.1) is 17.2 Å². The van der Waals surface area contributed by atoms with E-state index in [4.69, 9.17) is 10.00 Å². The van der Waals surface area contributed by atoms with Crippen molar-refractivity contribution in [1.29, 1.82) is 5.26 Å². The lowest BCUT2D eigenvalue weighted by atomic mass is 10.1. The Morgan fingerprint density at radius 2 is 2.06 bits per heavy atom. The third-order valence-electron chi connectivity index (χ3n) is 2.75. The molecule has 1 rings (SSSR count). The summed E-state index contributed by atoms with van der Waals surface area (Å²) < 4.78 is 5.41. The van der Waals surface area contributed by atoms with Gasteiger partial charge in [0.05, 0.1) is 11.6 Å². The Morgan fingerprint density at radius 3 is 2.61 bits per heavy atom. The molecule has 1 atom stereocenters. The second-order valence-corrected chi connectivity index (χ2v) is 4.52. The van der Waals surface area contributed by atoms with Crippen LogP contribution in [-0.2, 0) is 4.74 Å². The Balaban J connectivity index is 2.38. The van der Waals surface area contributed by atoms with Crippen molar-refractivity contribution in [2.24, 2.45) is 5.92 Å². The SMILES string of the molecule is CCCC(C)COCC(=O)c1ccc(C#N)cc1. The van der Waals surface area contributed by atoms with E-state index in [2.05, 4.69) is 13.8 Å². The van der Waals surface area contributed by atoms with Crippen molar-refractivity contribution in [3.8, 4) is 6.07 Å². The summed E-state index contributed by atoms with van der Waals surface area (Å²) in [5.74, 6) is 0.451. The molecule has 0 N–H and O–H groups in total. The second kappa shape index (κ2) is 7.62. The van der Waals surface area contributed by atoms with E-state index in [1.165, 1.54) is 0 Å². The molecule has 0 aliphatic rings. The van der Waals surface area contributed by atoms with Gasteiger partial charge in [-0.2, -0.15) is 5.26 Å². The Hall–Kier alpha value is -1.66. The Bertz CT molecular complexity index is 417. The lowest BCUT2D eigenvalue weighted by Gasteiger charge is -2.10. The van der Waals surface area contributed by atoms with Gasteiger partial charge in [-0.25, -0.2) is 0 Å². The number of benzene rings is 1. The molecule has 0 saturated heterocycles. The van der Waals surface area contributed by atoms with Crippen LogP contribution in [0.25, 0.3) is 0 Å². The van der Waals surface area contributed by atoms with Crippen LogP contribution in [-0.4, -0.2) is 19.0 Å². The molecular formula is C15H19NO2. The molecule has 0 aromatic heterocycles. The zero-order chi connectivity index (χ0) is 13.4. The number of rotatable bonds is 7. The summed E-state index contributed by atoms with van der Waals surface area (Å²) in [6.45, 7) is 4.99. The van der Waals surface area contributed by atoms with Crippen LogP contribution in [0.1, 0.15) is 42.6 Å². The van der Waals surface area contributed by atoms with Gasteiger partial charge in [-0.05, 0) is 24.5 Å². The summed E-state index contributed by atoms with van der Waals surface area (Å²) in [5.41, 5.74) is 1.15. The number of nitriles is 1. The van der Waals surface area contributed by atoms with Gasteiger partial charge in [0.2, 0.25) is 0 Å². The fourth-order valence-corrected chi connectivity index (χ4v) is 1.74. The number of nitrogens with zero attached hydrogens (tertiary/aromatic N) is 1. The number of hydrogen-bond acceptors (Lipinski definition) is 3. The molecular weight excluding hydrogens is 226 g/mol. The lowest BCUT2D eigenvalue weighted by Crippen LogP contribution is -2.13. The van der Waals surface area contributed by atoms with Gasteiger partial charge in [-0.3, -0.25) is 4.79 Å². The Labute approximate surface area is 108 Å². The molecule has 0 spiro atoms. The van der Waals surface area contributed by atoms with Crippen molar-refractivity contribution in [1.82, 2.24) is 0 Å². The average molecular weight is 245 g/mol. The smallest absolute Gasteiger partial charge is 0.188 e. The van der Waals surface area contributed by atoms with Gasteiger partial charge in [0, 0.05) is 12.2 Å². The van der Waals surface area contributed by atoms with Gasteiger partial charge in [0.1, 0.15) is 6.61 Å². The highest BCUT2D eigenvalue weighted by atomic mass is 16.5. The molecule has 1 aromatic carbocycles. The van der Waals surface area contributed by atoms with E-state index in [0.29, 0.717) is 23.7 Å². The minimum atomic E-state index is -0.0387. The minimum absolute atomic E-state index is 0.0387. The summed E-state index contributed by atoms with van der Waals surface area (Å²) in [7, 11) is 0. The highest BCUT2D eigenvalue weighted by molar-refractivity contribution is 5.97. The molecule has 0 aliphatic carbocycles. The molecule has 18 heavy (non-hydrogen) atoms. The monoisotopic (exact) mass is 245 g/mol. The number of Topliss-reactive ketones (excluding diaryl/α,β-unsaturated/α-hetero) is 1. The van der Waals surface area contributed by atoms with Crippen LogP contribution in [0.4, 0.5) is 0 Å². The Morgan fingerprint density at radius 1 is 1.39 bits per heavy atom. The van der Waals surface area contributed by atoms with Gasteiger partial charge in [-0.1, -0.05) is 32.4 Å². The topological polar surface area (TPSA) is 50.1 Å². The third-order valence-corrected chi connectivity index (χ3v) is 2.75. The summed E-state index contributed by atoms with van der Waals surface area (Å²) in [6, 6.07) is 8.65. The number of ether oxygens (including phenoxy) is 1. The molecule has 0 amide bonds. The molecule has 96 valence electrons. The number of carbonyl (C=O) groups excluding carboxylic acids is 1. The molecule has 1 unspecified atom stereocenters. The van der Waals surface area contributed by atoms with E-state index in [1.54, 1.807) is 24.3 Å². The van der Waals surface area contributed by atoms with E-state index in [1.807, 2.05) is 6.07 Å². The predicted octanol–water partition coefficient (Wildman–Crippen LogP) is 3.19. The summed E-state index contributed by atoms with van der Waals surface area (Å²) in [5, 5.41) is 8.66. The van der Waals surface area contributed by atoms with Crippen LogP contribution >= 0.6 is 0 Å². The normalized spacial score (nSPS) is 11.8. The van der Waals surface area contributed by atoms with E-state index >= 15 is 0 Å². The fraction of sp³-hybridized carbons (Fsp3) is 0.467. The molecule has 0 bridgehead atoms. The van der Waals surface area contributed by atoms with Crippen LogP contribution in [0.5, 0.6) is 0 Å². The molecule has 3 nitrogen and oxygen atoms in total. The summed E-state index contributed by atoms with van der Waals surface area (Å²) in [6.07, 6.45) is 2.25. The molecule has 0 saturated carbocycles. The van der Waals surface area contributed by atoms with E-state index < -0.39 is 0 Å². The average Bonchev–Trinajstić information content (AvgIpc) is 2.39. The largest absolute Gasteiger partial charge is 0.373 e. The third kappa shape index (κ3) is 4.68. The molecule has 0 aliphatic heterocycles. The van der Waals surface area contributed by atoms with Crippen LogP contribution in [0.3, 0.4) is 0 Å². The highest BCUT2D eigenvalue weighted by Gasteiger charge is 2.07. The first kappa shape index (κ1) is 14.4. The van der Waals surface area contributed by atoms with E-state index in [-0.39, 0.29) is 12.4 Å². The number of ketones is 1.